The van der Waals surface area contributed by atoms with Gasteiger partial charge in [0.25, 0.3) is 0 Å². The van der Waals surface area contributed by atoms with Crippen molar-refractivity contribution >= 4 is 51.8 Å². The summed E-state index contributed by atoms with van der Waals surface area (Å²) in [4.78, 5) is 35.4. The lowest BCUT2D eigenvalue weighted by atomic mass is 9.69. The lowest BCUT2D eigenvalue weighted by Crippen LogP contribution is -2.45. The number of carbonyl (C=O) groups excluding carboxylic acids is 1. The van der Waals surface area contributed by atoms with Crippen molar-refractivity contribution in [3.8, 4) is 0 Å². The van der Waals surface area contributed by atoms with Crippen molar-refractivity contribution in [2.45, 2.75) is 74.2 Å². The van der Waals surface area contributed by atoms with Crippen LogP contribution in [0.2, 0.25) is 0 Å². The predicted octanol–water partition coefficient (Wildman–Crippen LogP) is 11.9. The van der Waals surface area contributed by atoms with Gasteiger partial charge in [-0.1, -0.05) is 170 Å². The molecule has 2 heterocycles. The van der Waals surface area contributed by atoms with E-state index in [1.165, 1.54) is 0 Å². The highest BCUT2D eigenvalue weighted by atomic mass is 32.2. The van der Waals surface area contributed by atoms with Crippen LogP contribution in [-0.4, -0.2) is 50.1 Å². The normalized spacial score (nSPS) is 28.1. The first-order chi connectivity index (χ1) is 28.3. The average molecular weight is 799 g/mol. The van der Waals surface area contributed by atoms with Gasteiger partial charge in [0.2, 0.25) is 0 Å². The summed E-state index contributed by atoms with van der Waals surface area (Å²) >= 11 is 3.50. The molecule has 6 unspecified atom stereocenters. The summed E-state index contributed by atoms with van der Waals surface area (Å²) in [5.41, 5.74) is 8.04. The highest BCUT2D eigenvalue weighted by molar-refractivity contribution is 8.13. The van der Waals surface area contributed by atoms with Gasteiger partial charge in [-0.25, -0.2) is 0 Å². The molecule has 0 saturated carbocycles. The molecule has 0 saturated heterocycles. The molecule has 2 aliphatic carbocycles. The van der Waals surface area contributed by atoms with Crippen molar-refractivity contribution in [1.82, 2.24) is 0 Å². The molecular weight excluding hydrogens is 749 g/mol. The van der Waals surface area contributed by atoms with Gasteiger partial charge >= 0.3 is 0 Å². The Morgan fingerprint density at radius 1 is 0.552 bits per heavy atom. The second-order valence-electron chi connectivity index (χ2n) is 16.1. The summed E-state index contributed by atoms with van der Waals surface area (Å²) in [6, 6.07) is 41.6. The maximum atomic E-state index is 14.2. The Hall–Kier alpha value is -5.11. The number of carbonyl (C=O) groups is 1. The number of hydrogen-bond acceptors (Lipinski definition) is 7. The maximum Gasteiger partial charge on any atom is 0.161 e. The van der Waals surface area contributed by atoms with Crippen molar-refractivity contribution in [2.24, 2.45) is 30.8 Å². The minimum absolute atomic E-state index is 0.0169. The Balaban J connectivity index is 1.03. The molecule has 4 aliphatic rings. The Kier molecular flexibility index (Phi) is 11.9. The second-order valence-corrected chi connectivity index (χ2v) is 18.0. The van der Waals surface area contributed by atoms with Crippen LogP contribution in [0, 0.1) is 10.8 Å². The Labute approximate surface area is 352 Å². The lowest BCUT2D eigenvalue weighted by molar-refractivity contribution is -0.120. The van der Waals surface area contributed by atoms with Crippen molar-refractivity contribution in [1.29, 1.82) is 0 Å². The zero-order chi connectivity index (χ0) is 39.9. The van der Waals surface area contributed by atoms with Crippen LogP contribution in [-0.2, 0) is 4.79 Å². The number of hydrogen-bond donors (Lipinski definition) is 0. The molecule has 0 fully saturated rings. The predicted molar refractivity (Wildman–Crippen MR) is 248 cm³/mol. The van der Waals surface area contributed by atoms with Crippen LogP contribution < -0.4 is 0 Å². The molecule has 5 nitrogen and oxygen atoms in total. The molecule has 0 bridgehead atoms. The molecule has 292 valence electrons. The minimum Gasteiger partial charge on any atom is -0.300 e. The van der Waals surface area contributed by atoms with E-state index in [2.05, 4.69) is 160 Å². The van der Waals surface area contributed by atoms with Crippen LogP contribution in [0.4, 0.5) is 0 Å². The number of allylic oxidation sites excluding steroid dienone is 8. The number of rotatable bonds is 14. The van der Waals surface area contributed by atoms with Gasteiger partial charge in [-0.3, -0.25) is 24.8 Å². The average Bonchev–Trinajstić information content (AvgIpc) is 3.88. The Bertz CT molecular complexity index is 2070. The zero-order valence-corrected chi connectivity index (χ0v) is 34.9. The van der Waals surface area contributed by atoms with Crippen LogP contribution in [0.5, 0.6) is 0 Å². The summed E-state index contributed by atoms with van der Waals surface area (Å²) in [7, 11) is 0. The third-order valence-corrected chi connectivity index (χ3v) is 14.8. The van der Waals surface area contributed by atoms with Crippen molar-refractivity contribution < 1.29 is 4.79 Å². The Morgan fingerprint density at radius 2 is 0.897 bits per heavy atom. The highest BCUT2D eigenvalue weighted by Gasteiger charge is 2.52. The molecule has 0 radical (unpaired) electrons. The molecule has 0 amide bonds. The topological polar surface area (TPSA) is 66.5 Å². The molecular formula is C51H50N4OS2. The van der Waals surface area contributed by atoms with E-state index in [0.29, 0.717) is 12.8 Å². The first kappa shape index (κ1) is 39.7. The van der Waals surface area contributed by atoms with Crippen LogP contribution in [0.1, 0.15) is 74.6 Å². The summed E-state index contributed by atoms with van der Waals surface area (Å²) < 4.78 is 0. The van der Waals surface area contributed by atoms with Crippen molar-refractivity contribution in [3.63, 3.8) is 0 Å². The smallest absolute Gasteiger partial charge is 0.161 e. The van der Waals surface area contributed by atoms with E-state index in [-0.39, 0.29) is 27.1 Å². The van der Waals surface area contributed by atoms with Gasteiger partial charge in [-0.15, -0.1) is 23.5 Å². The minimum atomic E-state index is -0.726. The van der Waals surface area contributed by atoms with Gasteiger partial charge in [-0.2, -0.15) is 0 Å². The molecule has 8 rings (SSSR count). The molecule has 0 aromatic heterocycles. The summed E-state index contributed by atoms with van der Waals surface area (Å²) in [6.45, 7) is 4.31. The van der Waals surface area contributed by atoms with Crippen LogP contribution in [0.15, 0.2) is 190 Å². The fraction of sp³-hybridized carbons (Fsp3) is 0.275. The first-order valence-electron chi connectivity index (χ1n) is 20.3. The van der Waals surface area contributed by atoms with Gasteiger partial charge in [0, 0.05) is 45.9 Å². The standard InChI is InChI=1S/C51H50N4OS2/c1-48(54-44(39-21-9-3-10-22-39)40-23-11-4-12-24-40)46(57-37-52-48)50(31-17-7-18-32-50)35-29-43(56)30-36-51(33-19-8-20-34-51)47-49(2,53-38-58-47)55-45(41-25-13-5-14-26-41)42-27-15-6-16-28-42/h3-28,31,33,37-38,46-47H,29-30,32,34-36H2,1-2H3. The molecule has 58 heavy (non-hydrogen) atoms. The zero-order valence-electron chi connectivity index (χ0n) is 33.2. The van der Waals surface area contributed by atoms with Gasteiger partial charge in [0.15, 0.2) is 11.3 Å². The van der Waals surface area contributed by atoms with Crippen molar-refractivity contribution in [2.75, 3.05) is 0 Å². The van der Waals surface area contributed by atoms with E-state index in [4.69, 9.17) is 20.0 Å². The number of Topliss-reactive ketones (excluding diaryl/α,β-unsaturated/α-hetero) is 1. The monoisotopic (exact) mass is 798 g/mol. The number of thioether (sulfide) groups is 2. The van der Waals surface area contributed by atoms with E-state index in [9.17, 15) is 4.79 Å². The van der Waals surface area contributed by atoms with Crippen LogP contribution in [0.25, 0.3) is 0 Å². The summed E-state index contributed by atoms with van der Waals surface area (Å²) in [6.07, 6.45) is 21.8. The molecule has 0 spiro atoms. The van der Waals surface area contributed by atoms with Crippen LogP contribution >= 0.6 is 23.5 Å². The Morgan fingerprint density at radius 3 is 1.21 bits per heavy atom. The number of ketones is 1. The molecule has 4 aromatic rings. The molecule has 0 N–H and O–H groups in total. The van der Waals surface area contributed by atoms with E-state index < -0.39 is 11.3 Å². The third-order valence-electron chi connectivity index (χ3n) is 12.0. The van der Waals surface area contributed by atoms with Gasteiger partial charge in [0.1, 0.15) is 5.78 Å². The van der Waals surface area contributed by atoms with E-state index in [1.54, 1.807) is 23.5 Å². The molecule has 4 aromatic carbocycles. The number of nitrogens with zero attached hydrogens (tertiary/aromatic N) is 4. The number of benzene rings is 4. The summed E-state index contributed by atoms with van der Waals surface area (Å²) in [5.74, 6) is 0.288. The molecule has 2 aliphatic heterocycles. The highest BCUT2D eigenvalue weighted by Crippen LogP contribution is 2.53. The summed E-state index contributed by atoms with van der Waals surface area (Å²) in [5, 5.41) is 0.0337. The van der Waals surface area contributed by atoms with Crippen molar-refractivity contribution in [3.05, 3.63) is 192 Å². The van der Waals surface area contributed by atoms with E-state index >= 15 is 0 Å². The molecule has 7 heteroatoms. The third kappa shape index (κ3) is 8.39. The maximum absolute atomic E-state index is 14.2. The van der Waals surface area contributed by atoms with Crippen LogP contribution in [0.3, 0.4) is 0 Å². The van der Waals surface area contributed by atoms with E-state index in [0.717, 1.165) is 59.4 Å². The van der Waals surface area contributed by atoms with Gasteiger partial charge < -0.3 is 0 Å². The largest absolute Gasteiger partial charge is 0.300 e. The van der Waals surface area contributed by atoms with Gasteiger partial charge in [-0.05, 0) is 39.5 Å². The SMILES string of the molecule is CC1(N=C(c2ccccc2)c2ccccc2)N=CSC1C1(CCC(=O)CCC2(C3SC=NC3(C)N=C(c3ccccc3)c3ccccc3)C=CC=CC2)C=CC=CC1. The van der Waals surface area contributed by atoms with E-state index in [1.807, 2.05) is 35.4 Å². The fourth-order valence-electron chi connectivity index (χ4n) is 9.01. The number of aliphatic imine (C=N–C) groups is 4. The first-order valence-corrected chi connectivity index (χ1v) is 22.2. The fourth-order valence-corrected chi connectivity index (χ4v) is 11.7. The molecule has 6 atom stereocenters. The lowest BCUT2D eigenvalue weighted by Gasteiger charge is -2.43. The second kappa shape index (κ2) is 17.4. The quantitative estimate of drug-likeness (QED) is 0.119. The van der Waals surface area contributed by atoms with Gasteiger partial charge in [0.05, 0.1) is 33.0 Å².